The Morgan fingerprint density at radius 3 is 3.00 bits per heavy atom. The van der Waals surface area contributed by atoms with E-state index >= 15 is 0 Å². The quantitative estimate of drug-likeness (QED) is 0.862. The monoisotopic (exact) mass is 232 g/mol. The molecule has 0 radical (unpaired) electrons. The number of hydrogen-bond acceptors (Lipinski definition) is 2. The molecular formula is C14H20N2O. The van der Waals surface area contributed by atoms with Crippen LogP contribution in [0.2, 0.25) is 0 Å². The molecule has 0 aliphatic carbocycles. The molecule has 1 aliphatic heterocycles. The van der Waals surface area contributed by atoms with Gasteiger partial charge < -0.3 is 10.2 Å². The molecule has 1 aromatic rings. The second-order valence-corrected chi connectivity index (χ2v) is 4.72. The highest BCUT2D eigenvalue weighted by Gasteiger charge is 2.22. The zero-order valence-corrected chi connectivity index (χ0v) is 10.6. The Morgan fingerprint density at radius 2 is 2.35 bits per heavy atom. The minimum Gasteiger partial charge on any atom is -0.348 e. The predicted molar refractivity (Wildman–Crippen MR) is 69.2 cm³/mol. The maximum absolute atomic E-state index is 12.0. The molecule has 92 valence electrons. The van der Waals surface area contributed by atoms with Gasteiger partial charge in [0, 0.05) is 24.7 Å². The summed E-state index contributed by atoms with van der Waals surface area (Å²) in [6.45, 7) is 7.30. The van der Waals surface area contributed by atoms with Crippen molar-refractivity contribution in [1.29, 1.82) is 0 Å². The predicted octanol–water partition coefficient (Wildman–Crippen LogP) is 1.82. The lowest BCUT2D eigenvalue weighted by atomic mass is 10.1. The average molecular weight is 232 g/mol. The van der Waals surface area contributed by atoms with E-state index in [0.717, 1.165) is 37.2 Å². The van der Waals surface area contributed by atoms with Crippen molar-refractivity contribution in [2.75, 3.05) is 19.6 Å². The van der Waals surface area contributed by atoms with Gasteiger partial charge in [0.05, 0.1) is 0 Å². The number of nitrogens with zero attached hydrogens (tertiary/aromatic N) is 1. The van der Waals surface area contributed by atoms with E-state index in [4.69, 9.17) is 0 Å². The van der Waals surface area contributed by atoms with E-state index in [1.165, 1.54) is 0 Å². The molecule has 1 atom stereocenters. The van der Waals surface area contributed by atoms with Gasteiger partial charge in [-0.25, -0.2) is 0 Å². The van der Waals surface area contributed by atoms with Gasteiger partial charge in [0.25, 0.3) is 5.91 Å². The molecule has 1 aromatic carbocycles. The third-order valence-corrected chi connectivity index (χ3v) is 3.34. The van der Waals surface area contributed by atoms with Gasteiger partial charge in [-0.1, -0.05) is 24.6 Å². The molecule has 1 heterocycles. The molecule has 1 fully saturated rings. The molecular weight excluding hydrogens is 212 g/mol. The van der Waals surface area contributed by atoms with Gasteiger partial charge in [-0.15, -0.1) is 0 Å². The normalized spacial score (nSPS) is 20.5. The zero-order chi connectivity index (χ0) is 12.3. The molecule has 3 heteroatoms. The van der Waals surface area contributed by atoms with Crippen molar-refractivity contribution >= 4 is 5.91 Å². The third-order valence-electron chi connectivity index (χ3n) is 3.34. The highest BCUT2D eigenvalue weighted by atomic mass is 16.1. The molecule has 17 heavy (non-hydrogen) atoms. The summed E-state index contributed by atoms with van der Waals surface area (Å²) >= 11 is 0. The third kappa shape index (κ3) is 3.07. The number of aryl methyl sites for hydroxylation is 1. The van der Waals surface area contributed by atoms with Crippen LogP contribution in [0.5, 0.6) is 0 Å². The number of amides is 1. The van der Waals surface area contributed by atoms with E-state index in [1.54, 1.807) is 0 Å². The van der Waals surface area contributed by atoms with E-state index in [9.17, 15) is 4.79 Å². The summed E-state index contributed by atoms with van der Waals surface area (Å²) in [5.74, 6) is 0.0525. The first kappa shape index (κ1) is 12.1. The molecule has 1 unspecified atom stereocenters. The summed E-state index contributed by atoms with van der Waals surface area (Å²) in [6, 6.07) is 8.04. The Kier molecular flexibility index (Phi) is 3.79. The second kappa shape index (κ2) is 5.32. The highest BCUT2D eigenvalue weighted by Crippen LogP contribution is 2.10. The van der Waals surface area contributed by atoms with Gasteiger partial charge in [0.15, 0.2) is 0 Å². The number of rotatable bonds is 3. The maximum Gasteiger partial charge on any atom is 0.251 e. The first-order chi connectivity index (χ1) is 8.19. The van der Waals surface area contributed by atoms with Gasteiger partial charge in [-0.2, -0.15) is 0 Å². The van der Waals surface area contributed by atoms with Crippen LogP contribution in [0.15, 0.2) is 24.3 Å². The first-order valence-corrected chi connectivity index (χ1v) is 6.29. The molecule has 1 aliphatic rings. The number of nitrogens with one attached hydrogen (secondary N) is 1. The van der Waals surface area contributed by atoms with E-state index in [2.05, 4.69) is 17.1 Å². The smallest absolute Gasteiger partial charge is 0.251 e. The van der Waals surface area contributed by atoms with Crippen LogP contribution in [0.4, 0.5) is 0 Å². The number of carbonyl (C=O) groups is 1. The average Bonchev–Trinajstić information content (AvgIpc) is 2.77. The van der Waals surface area contributed by atoms with Crippen LogP contribution >= 0.6 is 0 Å². The zero-order valence-electron chi connectivity index (χ0n) is 10.6. The number of likely N-dealkylation sites (tertiary alicyclic amines) is 1. The summed E-state index contributed by atoms with van der Waals surface area (Å²) in [5.41, 5.74) is 1.89. The summed E-state index contributed by atoms with van der Waals surface area (Å²) in [5, 5.41) is 3.11. The van der Waals surface area contributed by atoms with Gasteiger partial charge in [-0.05, 0) is 32.0 Å². The molecule has 0 bridgehead atoms. The number of hydrogen-bond donors (Lipinski definition) is 1. The highest BCUT2D eigenvalue weighted by molar-refractivity contribution is 5.94. The van der Waals surface area contributed by atoms with Gasteiger partial charge >= 0.3 is 0 Å². The van der Waals surface area contributed by atoms with Gasteiger partial charge in [-0.3, -0.25) is 4.79 Å². The van der Waals surface area contributed by atoms with E-state index < -0.39 is 0 Å². The van der Waals surface area contributed by atoms with Crippen LogP contribution in [0.25, 0.3) is 0 Å². The van der Waals surface area contributed by atoms with Crippen LogP contribution in [0.3, 0.4) is 0 Å². The Bertz CT molecular complexity index is 403. The topological polar surface area (TPSA) is 32.3 Å². The van der Waals surface area contributed by atoms with Crippen LogP contribution < -0.4 is 5.32 Å². The molecule has 1 saturated heterocycles. The standard InChI is InChI=1S/C14H20N2O/c1-3-16-8-7-13(10-16)15-14(17)12-6-4-5-11(2)9-12/h4-6,9,13H,3,7-8,10H2,1-2H3,(H,15,17). The molecule has 0 aromatic heterocycles. The van der Waals surface area contributed by atoms with Gasteiger partial charge in [0.2, 0.25) is 0 Å². The molecule has 1 N–H and O–H groups in total. The second-order valence-electron chi connectivity index (χ2n) is 4.72. The van der Waals surface area contributed by atoms with Crippen LogP contribution in [0.1, 0.15) is 29.3 Å². The lowest BCUT2D eigenvalue weighted by molar-refractivity contribution is 0.0938. The SMILES string of the molecule is CCN1CCC(NC(=O)c2cccc(C)c2)C1. The molecule has 0 saturated carbocycles. The molecule has 2 rings (SSSR count). The van der Waals surface area contributed by atoms with E-state index in [1.807, 2.05) is 31.2 Å². The fourth-order valence-corrected chi connectivity index (χ4v) is 2.29. The Hall–Kier alpha value is -1.35. The number of benzene rings is 1. The van der Waals surface area contributed by atoms with Crippen LogP contribution in [-0.2, 0) is 0 Å². The number of likely N-dealkylation sites (N-methyl/N-ethyl adjacent to an activating group) is 1. The van der Waals surface area contributed by atoms with Crippen LogP contribution in [-0.4, -0.2) is 36.5 Å². The van der Waals surface area contributed by atoms with Crippen molar-refractivity contribution in [3.8, 4) is 0 Å². The Balaban J connectivity index is 1.94. The Morgan fingerprint density at radius 1 is 1.53 bits per heavy atom. The Labute approximate surface area is 103 Å². The molecule has 1 amide bonds. The van der Waals surface area contributed by atoms with E-state index in [0.29, 0.717) is 6.04 Å². The minimum absolute atomic E-state index is 0.0525. The van der Waals surface area contributed by atoms with Crippen molar-refractivity contribution < 1.29 is 4.79 Å². The van der Waals surface area contributed by atoms with Crippen molar-refractivity contribution in [1.82, 2.24) is 10.2 Å². The summed E-state index contributed by atoms with van der Waals surface area (Å²) in [7, 11) is 0. The van der Waals surface area contributed by atoms with E-state index in [-0.39, 0.29) is 5.91 Å². The molecule has 0 spiro atoms. The lowest BCUT2D eigenvalue weighted by Gasteiger charge is -2.14. The van der Waals surface area contributed by atoms with Gasteiger partial charge in [0.1, 0.15) is 0 Å². The van der Waals surface area contributed by atoms with Crippen LogP contribution in [0, 0.1) is 6.92 Å². The molecule has 3 nitrogen and oxygen atoms in total. The number of carbonyl (C=O) groups excluding carboxylic acids is 1. The fourth-order valence-electron chi connectivity index (χ4n) is 2.29. The van der Waals surface area contributed by atoms with Crippen molar-refractivity contribution in [3.63, 3.8) is 0 Å². The van der Waals surface area contributed by atoms with Crippen molar-refractivity contribution in [3.05, 3.63) is 35.4 Å². The van der Waals surface area contributed by atoms with Crippen molar-refractivity contribution in [2.24, 2.45) is 0 Å². The summed E-state index contributed by atoms with van der Waals surface area (Å²) < 4.78 is 0. The lowest BCUT2D eigenvalue weighted by Crippen LogP contribution is -2.37. The first-order valence-electron chi connectivity index (χ1n) is 6.29. The maximum atomic E-state index is 12.0. The van der Waals surface area contributed by atoms with Crippen molar-refractivity contribution in [2.45, 2.75) is 26.3 Å². The fraction of sp³-hybridized carbons (Fsp3) is 0.500. The minimum atomic E-state index is 0.0525. The largest absolute Gasteiger partial charge is 0.348 e. The summed E-state index contributed by atoms with van der Waals surface area (Å²) in [4.78, 5) is 14.4. The summed E-state index contributed by atoms with van der Waals surface area (Å²) in [6.07, 6.45) is 1.06.